The number of carbonyl (C=O) groups is 1. The van der Waals surface area contributed by atoms with Crippen LogP contribution >= 0.6 is 23.2 Å². The normalized spacial score (nSPS) is 22.6. The standard InChI is InChI=1S/C28H37Cl2N9O2/c29-22-10-9-20(15-23(22)30)35-28(40)41-38-13-11-19(12-14-38)33-25-24-26(39(16-32-24)21-3-1-2-4-21)37-27(36-25)34-18-7-5-17(31)6-8-18/h9-10,15-19,21H,1-8,11-14,31H2,(H,35,40)(H2,33,34,36,37). The van der Waals surface area contributed by atoms with Crippen LogP contribution in [-0.4, -0.2) is 61.9 Å². The molecule has 2 saturated carbocycles. The molecule has 1 aromatic carbocycles. The number of nitrogens with two attached hydrogens (primary N) is 1. The number of hydrogen-bond donors (Lipinski definition) is 4. The van der Waals surface area contributed by atoms with Gasteiger partial charge in [0.25, 0.3) is 0 Å². The van der Waals surface area contributed by atoms with Gasteiger partial charge in [0.05, 0.1) is 16.4 Å². The lowest BCUT2D eigenvalue weighted by atomic mass is 9.92. The molecule has 1 saturated heterocycles. The molecule has 0 unspecified atom stereocenters. The average molecular weight is 603 g/mol. The molecule has 6 rings (SSSR count). The highest BCUT2D eigenvalue weighted by Gasteiger charge is 2.27. The molecule has 3 fully saturated rings. The van der Waals surface area contributed by atoms with Crippen LogP contribution in [0.25, 0.3) is 11.2 Å². The number of rotatable bonds is 7. The lowest BCUT2D eigenvalue weighted by Gasteiger charge is -2.31. The lowest BCUT2D eigenvalue weighted by Crippen LogP contribution is -2.41. The first-order valence-electron chi connectivity index (χ1n) is 14.6. The van der Waals surface area contributed by atoms with Gasteiger partial charge in [0.2, 0.25) is 5.95 Å². The second kappa shape index (κ2) is 12.6. The maximum atomic E-state index is 12.4. The molecule has 0 spiro atoms. The van der Waals surface area contributed by atoms with Crippen LogP contribution < -0.4 is 21.7 Å². The summed E-state index contributed by atoms with van der Waals surface area (Å²) in [4.78, 5) is 32.6. The summed E-state index contributed by atoms with van der Waals surface area (Å²) in [5.74, 6) is 1.39. The number of anilines is 3. The molecule has 2 aliphatic carbocycles. The highest BCUT2D eigenvalue weighted by atomic mass is 35.5. The Morgan fingerprint density at radius 2 is 1.66 bits per heavy atom. The van der Waals surface area contributed by atoms with Gasteiger partial charge in [-0.15, -0.1) is 5.06 Å². The van der Waals surface area contributed by atoms with Crippen LogP contribution in [0, 0.1) is 0 Å². The number of hydrogen-bond acceptors (Lipinski definition) is 9. The van der Waals surface area contributed by atoms with Crippen molar-refractivity contribution in [3.8, 4) is 0 Å². The molecule has 220 valence electrons. The number of imidazole rings is 1. The van der Waals surface area contributed by atoms with Gasteiger partial charge in [0.15, 0.2) is 17.0 Å². The molecule has 2 aromatic heterocycles. The van der Waals surface area contributed by atoms with E-state index in [9.17, 15) is 4.79 Å². The molecule has 13 heteroatoms. The quantitative estimate of drug-likeness (QED) is 0.258. The predicted molar refractivity (Wildman–Crippen MR) is 161 cm³/mol. The van der Waals surface area contributed by atoms with Crippen molar-refractivity contribution in [1.29, 1.82) is 0 Å². The Morgan fingerprint density at radius 3 is 2.39 bits per heavy atom. The largest absolute Gasteiger partial charge is 0.430 e. The number of piperidine rings is 1. The SMILES string of the molecule is NC1CCC(Nc2nc(NC3CCN(OC(=O)Nc4ccc(Cl)c(Cl)c4)CC3)c3ncn(C4CCCC4)c3n2)CC1. The number of nitrogens with zero attached hydrogens (tertiary/aromatic N) is 5. The molecule has 0 bridgehead atoms. The van der Waals surface area contributed by atoms with Gasteiger partial charge in [-0.3, -0.25) is 5.32 Å². The summed E-state index contributed by atoms with van der Waals surface area (Å²) in [5.41, 5.74) is 8.32. The molecule has 11 nitrogen and oxygen atoms in total. The molecule has 41 heavy (non-hydrogen) atoms. The van der Waals surface area contributed by atoms with Crippen molar-refractivity contribution in [1.82, 2.24) is 24.6 Å². The summed E-state index contributed by atoms with van der Waals surface area (Å²) in [5, 5.41) is 12.4. The first kappa shape index (κ1) is 28.3. The van der Waals surface area contributed by atoms with Crippen molar-refractivity contribution in [3.63, 3.8) is 0 Å². The van der Waals surface area contributed by atoms with Crippen molar-refractivity contribution in [2.45, 2.75) is 88.4 Å². The summed E-state index contributed by atoms with van der Waals surface area (Å²) in [6.07, 6.45) is 11.7. The zero-order chi connectivity index (χ0) is 28.3. The van der Waals surface area contributed by atoms with Crippen LogP contribution in [0.2, 0.25) is 10.0 Å². The van der Waals surface area contributed by atoms with Crippen molar-refractivity contribution in [2.75, 3.05) is 29.0 Å². The monoisotopic (exact) mass is 601 g/mol. The van der Waals surface area contributed by atoms with Crippen LogP contribution in [0.4, 0.5) is 22.2 Å². The Morgan fingerprint density at radius 1 is 0.927 bits per heavy atom. The van der Waals surface area contributed by atoms with Crippen molar-refractivity contribution < 1.29 is 9.63 Å². The fraction of sp³-hybridized carbons (Fsp3) is 0.571. The number of halogens is 2. The zero-order valence-corrected chi connectivity index (χ0v) is 24.5. The summed E-state index contributed by atoms with van der Waals surface area (Å²) in [7, 11) is 0. The van der Waals surface area contributed by atoms with E-state index < -0.39 is 6.09 Å². The van der Waals surface area contributed by atoms with E-state index in [0.29, 0.717) is 46.9 Å². The minimum atomic E-state index is -0.566. The van der Waals surface area contributed by atoms with E-state index in [-0.39, 0.29) is 12.1 Å². The summed E-state index contributed by atoms with van der Waals surface area (Å²) in [6.45, 7) is 1.18. The van der Waals surface area contributed by atoms with E-state index in [2.05, 4.69) is 20.5 Å². The van der Waals surface area contributed by atoms with E-state index in [1.165, 1.54) is 12.8 Å². The molecule has 0 radical (unpaired) electrons. The Labute approximate surface area is 249 Å². The van der Waals surface area contributed by atoms with Crippen LogP contribution in [0.1, 0.15) is 70.3 Å². The predicted octanol–water partition coefficient (Wildman–Crippen LogP) is 5.97. The van der Waals surface area contributed by atoms with Crippen LogP contribution in [0.5, 0.6) is 0 Å². The minimum absolute atomic E-state index is 0.156. The summed E-state index contributed by atoms with van der Waals surface area (Å²) in [6, 6.07) is 6.08. The third-order valence-corrected chi connectivity index (χ3v) is 9.16. The zero-order valence-electron chi connectivity index (χ0n) is 23.0. The second-order valence-corrected chi connectivity index (χ2v) is 12.2. The molecular formula is C28H37Cl2N9O2. The van der Waals surface area contributed by atoms with Gasteiger partial charge in [-0.05, 0) is 69.6 Å². The number of hydroxylamine groups is 2. The molecule has 3 aromatic rings. The Kier molecular flexibility index (Phi) is 8.66. The molecule has 3 heterocycles. The Hall–Kier alpha value is -2.86. The second-order valence-electron chi connectivity index (χ2n) is 11.4. The number of amides is 1. The van der Waals surface area contributed by atoms with Crippen LogP contribution in [-0.2, 0) is 4.84 Å². The lowest BCUT2D eigenvalue weighted by molar-refractivity contribution is -0.106. The number of aromatic nitrogens is 4. The first-order valence-corrected chi connectivity index (χ1v) is 15.4. The Bertz CT molecular complexity index is 1360. The number of benzene rings is 1. The maximum Gasteiger partial charge on any atom is 0.430 e. The van der Waals surface area contributed by atoms with Crippen molar-refractivity contribution in [3.05, 3.63) is 34.6 Å². The third kappa shape index (κ3) is 6.80. The van der Waals surface area contributed by atoms with E-state index in [4.69, 9.17) is 48.7 Å². The van der Waals surface area contributed by atoms with Crippen LogP contribution in [0.3, 0.4) is 0 Å². The molecule has 1 aliphatic heterocycles. The first-order chi connectivity index (χ1) is 19.9. The summed E-state index contributed by atoms with van der Waals surface area (Å²) < 4.78 is 2.24. The van der Waals surface area contributed by atoms with E-state index in [1.54, 1.807) is 23.3 Å². The maximum absolute atomic E-state index is 12.4. The van der Waals surface area contributed by atoms with Gasteiger partial charge < -0.3 is 25.8 Å². The minimum Gasteiger partial charge on any atom is -0.365 e. The van der Waals surface area contributed by atoms with E-state index >= 15 is 0 Å². The molecule has 0 atom stereocenters. The molecule has 5 N–H and O–H groups in total. The highest BCUT2D eigenvalue weighted by Crippen LogP contribution is 2.34. The highest BCUT2D eigenvalue weighted by molar-refractivity contribution is 6.42. The van der Waals surface area contributed by atoms with Gasteiger partial charge in [0.1, 0.15) is 0 Å². The van der Waals surface area contributed by atoms with Gasteiger partial charge in [-0.2, -0.15) is 9.97 Å². The molecular weight excluding hydrogens is 565 g/mol. The summed E-state index contributed by atoms with van der Waals surface area (Å²) >= 11 is 12.0. The molecule has 1 amide bonds. The van der Waals surface area contributed by atoms with Crippen molar-refractivity contribution >= 4 is 57.9 Å². The fourth-order valence-corrected chi connectivity index (χ4v) is 6.39. The van der Waals surface area contributed by atoms with Gasteiger partial charge in [-0.25, -0.2) is 9.78 Å². The number of carbonyl (C=O) groups excluding carboxylic acids is 1. The van der Waals surface area contributed by atoms with E-state index in [0.717, 1.165) is 68.3 Å². The fourth-order valence-electron chi connectivity index (χ4n) is 6.09. The molecule has 3 aliphatic rings. The Balaban J connectivity index is 1.11. The van der Waals surface area contributed by atoms with Crippen molar-refractivity contribution in [2.24, 2.45) is 5.73 Å². The topological polar surface area (TPSA) is 135 Å². The number of fused-ring (bicyclic) bond motifs is 1. The average Bonchev–Trinajstić information content (AvgIpc) is 3.64. The number of nitrogens with one attached hydrogen (secondary N) is 3. The van der Waals surface area contributed by atoms with Crippen LogP contribution in [0.15, 0.2) is 24.5 Å². The van der Waals surface area contributed by atoms with Gasteiger partial charge in [-0.1, -0.05) is 36.0 Å². The van der Waals surface area contributed by atoms with E-state index in [1.807, 2.05) is 6.33 Å². The van der Waals surface area contributed by atoms with Gasteiger partial charge in [0, 0.05) is 42.9 Å². The third-order valence-electron chi connectivity index (χ3n) is 8.42. The smallest absolute Gasteiger partial charge is 0.365 e. The van der Waals surface area contributed by atoms with Gasteiger partial charge >= 0.3 is 6.09 Å².